The normalized spacial score (nSPS) is 24.6. The van der Waals surface area contributed by atoms with Crippen LogP contribution >= 0.6 is 0 Å². The third kappa shape index (κ3) is 1.71. The van der Waals surface area contributed by atoms with Crippen LogP contribution < -0.4 is 5.73 Å². The molecule has 1 heteroatoms. The van der Waals surface area contributed by atoms with E-state index in [4.69, 9.17) is 5.73 Å². The molecule has 1 rings (SSSR count). The summed E-state index contributed by atoms with van der Waals surface area (Å²) in [6.45, 7) is 2.96. The average Bonchev–Trinajstić information content (AvgIpc) is 2.05. The number of hydrogen-bond acceptors (Lipinski definition) is 1. The van der Waals surface area contributed by atoms with Crippen molar-refractivity contribution in [2.75, 3.05) is 6.54 Å². The molecule has 0 amide bonds. The number of nitrogens with two attached hydrogens (primary N) is 1. The summed E-state index contributed by atoms with van der Waals surface area (Å²) in [5, 5.41) is 0. The van der Waals surface area contributed by atoms with Crippen LogP contribution in [0, 0.1) is 5.92 Å². The second-order valence-electron chi connectivity index (χ2n) is 2.73. The number of rotatable bonds is 2. The van der Waals surface area contributed by atoms with Gasteiger partial charge in [-0.2, -0.15) is 0 Å². The van der Waals surface area contributed by atoms with Crippen molar-refractivity contribution >= 4 is 0 Å². The first-order valence-electron chi connectivity index (χ1n) is 3.94. The predicted molar refractivity (Wildman–Crippen MR) is 44.7 cm³/mol. The summed E-state index contributed by atoms with van der Waals surface area (Å²) in [5.41, 5.74) is 6.97. The third-order valence-electron chi connectivity index (χ3n) is 1.93. The zero-order valence-corrected chi connectivity index (χ0v) is 6.51. The minimum atomic E-state index is 0.597. The highest BCUT2D eigenvalue weighted by molar-refractivity contribution is 5.23. The fourth-order valence-corrected chi connectivity index (χ4v) is 1.22. The lowest BCUT2D eigenvalue weighted by atomic mass is 9.95. The maximum absolute atomic E-state index is 5.54. The second-order valence-corrected chi connectivity index (χ2v) is 2.73. The maximum atomic E-state index is 5.54. The van der Waals surface area contributed by atoms with Crippen molar-refractivity contribution in [3.05, 3.63) is 23.8 Å². The van der Waals surface area contributed by atoms with Crippen LogP contribution in [0.15, 0.2) is 23.8 Å². The zero-order valence-electron chi connectivity index (χ0n) is 6.51. The fraction of sp³-hybridized carbons (Fsp3) is 0.556. The Bertz CT molecular complexity index is 156. The third-order valence-corrected chi connectivity index (χ3v) is 1.93. The molecule has 56 valence electrons. The van der Waals surface area contributed by atoms with Crippen LogP contribution in [0.1, 0.15) is 19.8 Å². The molecule has 1 atom stereocenters. The maximum Gasteiger partial charge on any atom is -0.00110 e. The summed E-state index contributed by atoms with van der Waals surface area (Å²) in [7, 11) is 0. The summed E-state index contributed by atoms with van der Waals surface area (Å²) in [6, 6.07) is 0. The molecule has 0 saturated heterocycles. The molecular weight excluding hydrogens is 122 g/mol. The van der Waals surface area contributed by atoms with Gasteiger partial charge in [-0.3, -0.25) is 0 Å². The van der Waals surface area contributed by atoms with Crippen molar-refractivity contribution in [1.82, 2.24) is 0 Å². The van der Waals surface area contributed by atoms with Crippen molar-refractivity contribution in [2.24, 2.45) is 11.7 Å². The summed E-state index contributed by atoms with van der Waals surface area (Å²) >= 11 is 0. The van der Waals surface area contributed by atoms with Crippen molar-refractivity contribution in [2.45, 2.75) is 19.8 Å². The van der Waals surface area contributed by atoms with Crippen molar-refractivity contribution in [3.8, 4) is 0 Å². The zero-order chi connectivity index (χ0) is 7.40. The summed E-state index contributed by atoms with van der Waals surface area (Å²) in [5.74, 6) is 0.597. The smallest absolute Gasteiger partial charge is 0.00110 e. The van der Waals surface area contributed by atoms with E-state index in [1.165, 1.54) is 5.57 Å². The number of hydrogen-bond donors (Lipinski definition) is 1. The van der Waals surface area contributed by atoms with Gasteiger partial charge in [-0.05, 0) is 25.3 Å². The van der Waals surface area contributed by atoms with Gasteiger partial charge < -0.3 is 5.73 Å². The molecule has 0 fully saturated rings. The molecule has 0 saturated carbocycles. The molecule has 0 radical (unpaired) electrons. The lowest BCUT2D eigenvalue weighted by molar-refractivity contribution is 0.660. The predicted octanol–water partition coefficient (Wildman–Crippen LogP) is 1.86. The molecule has 1 unspecified atom stereocenters. The quantitative estimate of drug-likeness (QED) is 0.617. The summed E-state index contributed by atoms with van der Waals surface area (Å²) in [4.78, 5) is 0. The van der Waals surface area contributed by atoms with E-state index in [0.29, 0.717) is 5.92 Å². The highest BCUT2D eigenvalue weighted by Crippen LogP contribution is 2.17. The Morgan fingerprint density at radius 2 is 2.50 bits per heavy atom. The Kier molecular flexibility index (Phi) is 2.69. The minimum Gasteiger partial charge on any atom is -0.330 e. The molecule has 10 heavy (non-hydrogen) atoms. The second kappa shape index (κ2) is 3.57. The molecular formula is C9H15N. The van der Waals surface area contributed by atoms with E-state index < -0.39 is 0 Å². The van der Waals surface area contributed by atoms with E-state index >= 15 is 0 Å². The van der Waals surface area contributed by atoms with E-state index in [2.05, 4.69) is 25.2 Å². The van der Waals surface area contributed by atoms with Gasteiger partial charge in [0.2, 0.25) is 0 Å². The van der Waals surface area contributed by atoms with E-state index in [9.17, 15) is 0 Å². The summed E-state index contributed by atoms with van der Waals surface area (Å²) in [6.07, 6.45) is 8.97. The molecule has 0 aliphatic heterocycles. The van der Waals surface area contributed by atoms with Crippen LogP contribution in [0.2, 0.25) is 0 Å². The lowest BCUT2D eigenvalue weighted by Crippen LogP contribution is -2.13. The van der Waals surface area contributed by atoms with Crippen LogP contribution in [0.5, 0.6) is 0 Å². The van der Waals surface area contributed by atoms with Crippen molar-refractivity contribution in [1.29, 1.82) is 0 Å². The molecule has 0 aromatic heterocycles. The Labute approximate surface area is 62.6 Å². The van der Waals surface area contributed by atoms with Gasteiger partial charge in [0, 0.05) is 0 Å². The molecule has 1 aliphatic rings. The van der Waals surface area contributed by atoms with Gasteiger partial charge in [-0.1, -0.05) is 30.7 Å². The van der Waals surface area contributed by atoms with Gasteiger partial charge in [0.05, 0.1) is 0 Å². The number of allylic oxidation sites excluding steroid dienone is 3. The van der Waals surface area contributed by atoms with E-state index in [-0.39, 0.29) is 0 Å². The lowest BCUT2D eigenvalue weighted by Gasteiger charge is -2.12. The standard InChI is InChI=1S/C9H15N/c1-2-8-4-3-5-9(6-8)7-10/h3-4,6,9H,2,5,7,10H2,1H3. The van der Waals surface area contributed by atoms with E-state index in [1.54, 1.807) is 0 Å². The van der Waals surface area contributed by atoms with Crippen LogP contribution in [0.3, 0.4) is 0 Å². The largest absolute Gasteiger partial charge is 0.330 e. The Morgan fingerprint density at radius 3 is 3.10 bits per heavy atom. The van der Waals surface area contributed by atoms with E-state index in [1.807, 2.05) is 0 Å². The Balaban J connectivity index is 2.56. The Hall–Kier alpha value is -0.560. The first-order chi connectivity index (χ1) is 4.86. The molecule has 0 aromatic rings. The van der Waals surface area contributed by atoms with Crippen LogP contribution in [0.25, 0.3) is 0 Å². The van der Waals surface area contributed by atoms with Gasteiger partial charge in [-0.25, -0.2) is 0 Å². The molecule has 1 aliphatic carbocycles. The van der Waals surface area contributed by atoms with Crippen LogP contribution in [-0.4, -0.2) is 6.54 Å². The monoisotopic (exact) mass is 137 g/mol. The van der Waals surface area contributed by atoms with Gasteiger partial charge in [0.25, 0.3) is 0 Å². The van der Waals surface area contributed by atoms with Gasteiger partial charge >= 0.3 is 0 Å². The summed E-state index contributed by atoms with van der Waals surface area (Å²) < 4.78 is 0. The first kappa shape index (κ1) is 7.55. The molecule has 0 aromatic carbocycles. The topological polar surface area (TPSA) is 26.0 Å². The highest BCUT2D eigenvalue weighted by atomic mass is 14.5. The van der Waals surface area contributed by atoms with Gasteiger partial charge in [0.15, 0.2) is 0 Å². The molecule has 0 spiro atoms. The molecule has 0 heterocycles. The highest BCUT2D eigenvalue weighted by Gasteiger charge is 2.04. The average molecular weight is 137 g/mol. The van der Waals surface area contributed by atoms with Gasteiger partial charge in [-0.15, -0.1) is 0 Å². The van der Waals surface area contributed by atoms with E-state index in [0.717, 1.165) is 19.4 Å². The molecule has 0 bridgehead atoms. The molecule has 2 N–H and O–H groups in total. The van der Waals surface area contributed by atoms with Gasteiger partial charge in [0.1, 0.15) is 0 Å². The van der Waals surface area contributed by atoms with Crippen molar-refractivity contribution in [3.63, 3.8) is 0 Å². The van der Waals surface area contributed by atoms with Crippen LogP contribution in [0.4, 0.5) is 0 Å². The van der Waals surface area contributed by atoms with Crippen molar-refractivity contribution < 1.29 is 0 Å². The Morgan fingerprint density at radius 1 is 1.70 bits per heavy atom. The van der Waals surface area contributed by atoms with Crippen LogP contribution in [-0.2, 0) is 0 Å². The first-order valence-corrected chi connectivity index (χ1v) is 3.94. The fourth-order valence-electron chi connectivity index (χ4n) is 1.22. The minimum absolute atomic E-state index is 0.597. The molecule has 1 nitrogen and oxygen atoms in total. The SMILES string of the molecule is CCC1=CC(CN)CC=C1.